The number of hydrogen-bond donors (Lipinski definition) is 1. The van der Waals surface area contributed by atoms with Gasteiger partial charge in [-0.2, -0.15) is 0 Å². The zero-order valence-electron chi connectivity index (χ0n) is 16.4. The molecule has 1 unspecified atom stereocenters. The second-order valence-corrected chi connectivity index (χ2v) is 7.19. The maximum Gasteiger partial charge on any atom is 0.220 e. The van der Waals surface area contributed by atoms with Crippen LogP contribution >= 0.6 is 0 Å². The summed E-state index contributed by atoms with van der Waals surface area (Å²) in [5, 5.41) is 0. The van der Waals surface area contributed by atoms with Crippen molar-refractivity contribution in [2.75, 3.05) is 12.8 Å². The summed E-state index contributed by atoms with van der Waals surface area (Å²) >= 11 is 0. The summed E-state index contributed by atoms with van der Waals surface area (Å²) < 4.78 is 5.07. The number of hydrogen-bond acceptors (Lipinski definition) is 7. The summed E-state index contributed by atoms with van der Waals surface area (Å²) in [6.45, 7) is 6.15. The normalized spacial score (nSPS) is 16.3. The van der Waals surface area contributed by atoms with E-state index in [0.29, 0.717) is 18.4 Å². The fourth-order valence-corrected chi connectivity index (χ4v) is 3.66. The first-order valence-electron chi connectivity index (χ1n) is 9.31. The van der Waals surface area contributed by atoms with Crippen molar-refractivity contribution in [3.8, 4) is 11.3 Å². The van der Waals surface area contributed by atoms with Crippen LogP contribution in [0.3, 0.4) is 0 Å². The van der Waals surface area contributed by atoms with Crippen LogP contribution in [0.1, 0.15) is 41.2 Å². The van der Waals surface area contributed by atoms with Crippen LogP contribution in [-0.4, -0.2) is 31.9 Å². The Bertz CT molecular complexity index is 989. The van der Waals surface area contributed by atoms with Crippen LogP contribution in [0.2, 0.25) is 0 Å². The fraction of sp³-hybridized carbons (Fsp3) is 0.333. The SMILES string of the molecule is COCc1ncc(CN2Cc3c(-c4cccc(C)c4)nc(N)nc3C2C)cn1. The van der Waals surface area contributed by atoms with E-state index in [-0.39, 0.29) is 6.04 Å². The van der Waals surface area contributed by atoms with Crippen molar-refractivity contribution < 1.29 is 4.74 Å². The molecule has 1 atom stereocenters. The van der Waals surface area contributed by atoms with Crippen molar-refractivity contribution in [2.24, 2.45) is 0 Å². The average molecular weight is 376 g/mol. The molecule has 3 heterocycles. The molecule has 7 nitrogen and oxygen atoms in total. The molecule has 0 spiro atoms. The number of fused-ring (bicyclic) bond motifs is 1. The minimum absolute atomic E-state index is 0.141. The third-order valence-electron chi connectivity index (χ3n) is 5.07. The lowest BCUT2D eigenvalue weighted by atomic mass is 10.0. The molecule has 0 saturated carbocycles. The van der Waals surface area contributed by atoms with Gasteiger partial charge in [-0.1, -0.05) is 23.8 Å². The third-order valence-corrected chi connectivity index (χ3v) is 5.07. The van der Waals surface area contributed by atoms with Crippen molar-refractivity contribution in [3.05, 3.63) is 64.9 Å². The first-order chi connectivity index (χ1) is 13.5. The highest BCUT2D eigenvalue weighted by Crippen LogP contribution is 2.38. The summed E-state index contributed by atoms with van der Waals surface area (Å²) in [5.41, 5.74) is 12.4. The molecule has 0 saturated heterocycles. The standard InChI is InChI=1S/C21H24N6O/c1-13-5-4-6-16(7-13)20-17-11-27(14(2)19(17)25-21(22)26-20)10-15-8-23-18(12-28-3)24-9-15/h4-9,14H,10-12H2,1-3H3,(H2,22,25,26). The van der Waals surface area contributed by atoms with Crippen LogP contribution in [0, 0.1) is 6.92 Å². The van der Waals surface area contributed by atoms with Crippen LogP contribution in [-0.2, 0) is 24.4 Å². The molecular weight excluding hydrogens is 352 g/mol. The zero-order chi connectivity index (χ0) is 19.7. The molecule has 4 rings (SSSR count). The van der Waals surface area contributed by atoms with Gasteiger partial charge in [0.2, 0.25) is 5.95 Å². The Kier molecular flexibility index (Phi) is 5.02. The predicted octanol–water partition coefficient (Wildman–Crippen LogP) is 3.05. The number of aromatic nitrogens is 4. The first kappa shape index (κ1) is 18.5. The third kappa shape index (κ3) is 3.58. The van der Waals surface area contributed by atoms with Gasteiger partial charge in [0, 0.05) is 49.3 Å². The Labute approximate surface area is 164 Å². The largest absolute Gasteiger partial charge is 0.377 e. The maximum absolute atomic E-state index is 6.04. The molecule has 0 aliphatic carbocycles. The summed E-state index contributed by atoms with van der Waals surface area (Å²) in [5.74, 6) is 1.00. The Balaban J connectivity index is 1.62. The van der Waals surface area contributed by atoms with Gasteiger partial charge in [-0.05, 0) is 19.9 Å². The average Bonchev–Trinajstić information content (AvgIpc) is 2.99. The van der Waals surface area contributed by atoms with Gasteiger partial charge in [0.25, 0.3) is 0 Å². The number of methoxy groups -OCH3 is 1. The number of benzene rings is 1. The zero-order valence-corrected chi connectivity index (χ0v) is 16.4. The van der Waals surface area contributed by atoms with Gasteiger partial charge in [0.15, 0.2) is 5.82 Å². The minimum Gasteiger partial charge on any atom is -0.377 e. The van der Waals surface area contributed by atoms with E-state index in [0.717, 1.165) is 41.2 Å². The van der Waals surface area contributed by atoms with Gasteiger partial charge in [0.1, 0.15) is 6.61 Å². The molecule has 3 aromatic rings. The van der Waals surface area contributed by atoms with E-state index >= 15 is 0 Å². The Hall–Kier alpha value is -2.90. The highest BCUT2D eigenvalue weighted by Gasteiger charge is 2.32. The molecule has 7 heteroatoms. The monoisotopic (exact) mass is 376 g/mol. The molecule has 2 N–H and O–H groups in total. The molecular formula is C21H24N6O. The lowest BCUT2D eigenvalue weighted by Crippen LogP contribution is -2.20. The van der Waals surface area contributed by atoms with E-state index in [9.17, 15) is 0 Å². The van der Waals surface area contributed by atoms with Crippen molar-refractivity contribution in [2.45, 2.75) is 39.6 Å². The van der Waals surface area contributed by atoms with Crippen molar-refractivity contribution in [3.63, 3.8) is 0 Å². The molecule has 1 aliphatic heterocycles. The van der Waals surface area contributed by atoms with Crippen LogP contribution in [0.4, 0.5) is 5.95 Å². The second kappa shape index (κ2) is 7.61. The quantitative estimate of drug-likeness (QED) is 0.732. The topological polar surface area (TPSA) is 90.0 Å². The smallest absolute Gasteiger partial charge is 0.220 e. The first-order valence-corrected chi connectivity index (χ1v) is 9.31. The van der Waals surface area contributed by atoms with Gasteiger partial charge in [-0.3, -0.25) is 4.90 Å². The van der Waals surface area contributed by atoms with Crippen LogP contribution in [0.5, 0.6) is 0 Å². The van der Waals surface area contributed by atoms with Gasteiger partial charge >= 0.3 is 0 Å². The molecule has 2 aromatic heterocycles. The van der Waals surface area contributed by atoms with Crippen molar-refractivity contribution >= 4 is 5.95 Å². The van der Waals surface area contributed by atoms with E-state index < -0.39 is 0 Å². The number of ether oxygens (including phenoxy) is 1. The Morgan fingerprint density at radius 2 is 2.00 bits per heavy atom. The summed E-state index contributed by atoms with van der Waals surface area (Å²) in [7, 11) is 1.64. The minimum atomic E-state index is 0.141. The number of rotatable bonds is 5. The summed E-state index contributed by atoms with van der Waals surface area (Å²) in [4.78, 5) is 20.2. The molecule has 28 heavy (non-hydrogen) atoms. The molecule has 0 amide bonds. The summed E-state index contributed by atoms with van der Waals surface area (Å²) in [6, 6.07) is 8.48. The van der Waals surface area contributed by atoms with Crippen molar-refractivity contribution in [1.82, 2.24) is 24.8 Å². The molecule has 1 aliphatic rings. The molecule has 0 fully saturated rings. The van der Waals surface area contributed by atoms with E-state index in [1.165, 1.54) is 5.56 Å². The van der Waals surface area contributed by atoms with Crippen LogP contribution < -0.4 is 5.73 Å². The molecule has 144 valence electrons. The van der Waals surface area contributed by atoms with Gasteiger partial charge in [-0.25, -0.2) is 19.9 Å². The number of nitrogen functional groups attached to an aromatic ring is 1. The number of nitrogens with two attached hydrogens (primary N) is 1. The molecule has 0 bridgehead atoms. The van der Waals surface area contributed by atoms with Gasteiger partial charge in [0.05, 0.1) is 17.4 Å². The number of nitrogens with zero attached hydrogens (tertiary/aromatic N) is 5. The van der Waals surface area contributed by atoms with Crippen LogP contribution in [0.25, 0.3) is 11.3 Å². The van der Waals surface area contributed by atoms with Crippen molar-refractivity contribution in [1.29, 1.82) is 0 Å². The van der Waals surface area contributed by atoms with E-state index in [4.69, 9.17) is 10.5 Å². The molecule has 0 radical (unpaired) electrons. The lowest BCUT2D eigenvalue weighted by molar-refractivity contribution is 0.177. The predicted molar refractivity (Wildman–Crippen MR) is 107 cm³/mol. The number of aryl methyl sites for hydroxylation is 1. The Morgan fingerprint density at radius 3 is 2.71 bits per heavy atom. The van der Waals surface area contributed by atoms with Crippen LogP contribution in [0.15, 0.2) is 36.7 Å². The lowest BCUT2D eigenvalue weighted by Gasteiger charge is -2.20. The maximum atomic E-state index is 6.04. The van der Waals surface area contributed by atoms with E-state index in [1.54, 1.807) is 7.11 Å². The summed E-state index contributed by atoms with van der Waals surface area (Å²) in [6.07, 6.45) is 3.72. The fourth-order valence-electron chi connectivity index (χ4n) is 3.66. The highest BCUT2D eigenvalue weighted by atomic mass is 16.5. The second-order valence-electron chi connectivity index (χ2n) is 7.19. The highest BCUT2D eigenvalue weighted by molar-refractivity contribution is 5.66. The van der Waals surface area contributed by atoms with E-state index in [1.807, 2.05) is 18.5 Å². The molecule has 1 aromatic carbocycles. The van der Waals surface area contributed by atoms with E-state index in [2.05, 4.69) is 56.9 Å². The van der Waals surface area contributed by atoms with Gasteiger partial charge < -0.3 is 10.5 Å². The Morgan fingerprint density at radius 1 is 1.21 bits per heavy atom. The number of anilines is 1. The van der Waals surface area contributed by atoms with Gasteiger partial charge in [-0.15, -0.1) is 0 Å².